The fraction of sp³-hybridized carbons (Fsp3) is 0.176. The third-order valence-electron chi connectivity index (χ3n) is 3.84. The molecule has 0 N–H and O–H groups in total. The van der Waals surface area contributed by atoms with Crippen LogP contribution < -0.4 is 9.04 Å². The van der Waals surface area contributed by atoms with E-state index in [4.69, 9.17) is 4.74 Å². The normalized spacial score (nSPS) is 18.8. The van der Waals surface area contributed by atoms with Gasteiger partial charge in [-0.05, 0) is 42.5 Å². The van der Waals surface area contributed by atoms with Crippen LogP contribution >= 0.6 is 0 Å². The van der Waals surface area contributed by atoms with Gasteiger partial charge in [-0.1, -0.05) is 18.2 Å². The molecule has 8 heteroatoms. The Bertz CT molecular complexity index is 981. The van der Waals surface area contributed by atoms with E-state index in [2.05, 4.69) is 0 Å². The van der Waals surface area contributed by atoms with Crippen molar-refractivity contribution < 1.29 is 21.6 Å². The third kappa shape index (κ3) is 3.54. The van der Waals surface area contributed by atoms with Crippen molar-refractivity contribution in [2.45, 2.75) is 10.9 Å². The van der Waals surface area contributed by atoms with Crippen molar-refractivity contribution in [2.75, 3.05) is 17.2 Å². The monoisotopic (exact) mass is 379 g/mol. The molecule has 0 aromatic heterocycles. The smallest absolute Gasteiger partial charge is 0.264 e. The van der Waals surface area contributed by atoms with Crippen LogP contribution in [0.1, 0.15) is 0 Å². The molecule has 1 heterocycles. The highest BCUT2D eigenvalue weighted by atomic mass is 32.2. The zero-order valence-electron chi connectivity index (χ0n) is 13.4. The molecule has 0 aliphatic carbocycles. The molecule has 0 bridgehead atoms. The molecule has 2 aromatic carbocycles. The number of nitrogens with zero attached hydrogens (tertiary/aromatic N) is 1. The molecular weight excluding hydrogens is 362 g/mol. The van der Waals surface area contributed by atoms with Crippen LogP contribution in [-0.2, 0) is 19.9 Å². The topological polar surface area (TPSA) is 80.8 Å². The average Bonchev–Trinajstić information content (AvgIpc) is 2.95. The van der Waals surface area contributed by atoms with E-state index >= 15 is 0 Å². The molecule has 0 saturated heterocycles. The SMILES string of the molecule is COc1ccc(S(=O)(=O)N(c2ccccc2)[C@@H]2C=CS(=O)(=O)C2)cc1. The zero-order chi connectivity index (χ0) is 18.1. The van der Waals surface area contributed by atoms with Gasteiger partial charge in [0.1, 0.15) is 5.75 Å². The summed E-state index contributed by atoms with van der Waals surface area (Å²) >= 11 is 0. The van der Waals surface area contributed by atoms with E-state index in [-0.39, 0.29) is 10.6 Å². The van der Waals surface area contributed by atoms with Gasteiger partial charge in [0, 0.05) is 5.41 Å². The van der Waals surface area contributed by atoms with Gasteiger partial charge in [0.05, 0.1) is 29.5 Å². The van der Waals surface area contributed by atoms with Gasteiger partial charge in [0.15, 0.2) is 9.84 Å². The lowest BCUT2D eigenvalue weighted by molar-refractivity contribution is 0.414. The lowest BCUT2D eigenvalue weighted by Gasteiger charge is -2.29. The molecule has 0 spiro atoms. The molecule has 1 atom stereocenters. The molecule has 0 fully saturated rings. The Morgan fingerprint density at radius 1 is 1.04 bits per heavy atom. The first kappa shape index (κ1) is 17.5. The van der Waals surface area contributed by atoms with Gasteiger partial charge in [0.2, 0.25) is 0 Å². The molecule has 1 aliphatic heterocycles. The summed E-state index contributed by atoms with van der Waals surface area (Å²) < 4.78 is 56.2. The first-order chi connectivity index (χ1) is 11.8. The van der Waals surface area contributed by atoms with Crippen LogP contribution in [0.2, 0.25) is 0 Å². The number of para-hydroxylation sites is 1. The minimum absolute atomic E-state index is 0.0647. The van der Waals surface area contributed by atoms with Crippen molar-refractivity contribution in [3.63, 3.8) is 0 Å². The van der Waals surface area contributed by atoms with Crippen LogP contribution in [-0.4, -0.2) is 35.7 Å². The van der Waals surface area contributed by atoms with E-state index in [1.807, 2.05) is 0 Å². The van der Waals surface area contributed by atoms with E-state index in [1.54, 1.807) is 42.5 Å². The molecule has 3 rings (SSSR count). The van der Waals surface area contributed by atoms with Crippen LogP contribution in [0.25, 0.3) is 0 Å². The second kappa shape index (κ2) is 6.53. The van der Waals surface area contributed by atoms with Crippen molar-refractivity contribution in [3.05, 3.63) is 66.1 Å². The predicted octanol–water partition coefficient (Wildman–Crippen LogP) is 2.20. The largest absolute Gasteiger partial charge is 0.497 e. The average molecular weight is 379 g/mol. The van der Waals surface area contributed by atoms with Gasteiger partial charge in [-0.2, -0.15) is 0 Å². The number of hydrogen-bond donors (Lipinski definition) is 0. The van der Waals surface area contributed by atoms with Crippen molar-refractivity contribution in [2.24, 2.45) is 0 Å². The Morgan fingerprint density at radius 3 is 2.20 bits per heavy atom. The summed E-state index contributed by atoms with van der Waals surface area (Å²) in [5.41, 5.74) is 0.407. The first-order valence-corrected chi connectivity index (χ1v) is 10.6. The van der Waals surface area contributed by atoms with Gasteiger partial charge < -0.3 is 4.74 Å². The highest BCUT2D eigenvalue weighted by molar-refractivity contribution is 7.95. The lowest BCUT2D eigenvalue weighted by atomic mass is 10.2. The first-order valence-electron chi connectivity index (χ1n) is 7.48. The molecule has 2 aromatic rings. The number of anilines is 1. The van der Waals surface area contributed by atoms with Gasteiger partial charge in [-0.3, -0.25) is 4.31 Å². The Labute approximate surface area is 147 Å². The predicted molar refractivity (Wildman–Crippen MR) is 95.8 cm³/mol. The van der Waals surface area contributed by atoms with Crippen molar-refractivity contribution in [3.8, 4) is 5.75 Å². The van der Waals surface area contributed by atoms with Crippen LogP contribution in [0, 0.1) is 0 Å². The minimum atomic E-state index is -3.95. The van der Waals surface area contributed by atoms with Crippen LogP contribution in [0.5, 0.6) is 5.75 Å². The zero-order valence-corrected chi connectivity index (χ0v) is 15.1. The maximum atomic E-state index is 13.2. The second-order valence-electron chi connectivity index (χ2n) is 5.54. The fourth-order valence-corrected chi connectivity index (χ4v) is 5.62. The number of sulfone groups is 1. The molecule has 0 radical (unpaired) electrons. The van der Waals surface area contributed by atoms with Crippen LogP contribution in [0.4, 0.5) is 5.69 Å². The molecule has 0 saturated carbocycles. The second-order valence-corrected chi connectivity index (χ2v) is 9.28. The Balaban J connectivity index is 2.09. The van der Waals surface area contributed by atoms with Gasteiger partial charge in [-0.15, -0.1) is 0 Å². The summed E-state index contributed by atoms with van der Waals surface area (Å²) in [6.07, 6.45) is 1.41. The summed E-state index contributed by atoms with van der Waals surface area (Å²) in [5, 5.41) is 1.07. The molecule has 0 unspecified atom stereocenters. The number of benzene rings is 2. The van der Waals surface area contributed by atoms with Crippen LogP contribution in [0.15, 0.2) is 71.0 Å². The maximum Gasteiger partial charge on any atom is 0.264 e. The van der Waals surface area contributed by atoms with Gasteiger partial charge in [0.25, 0.3) is 10.0 Å². The number of ether oxygens (including phenoxy) is 1. The van der Waals surface area contributed by atoms with Crippen molar-refractivity contribution >= 4 is 25.5 Å². The van der Waals surface area contributed by atoms with E-state index in [0.29, 0.717) is 11.4 Å². The molecular formula is C17H17NO5S2. The Morgan fingerprint density at radius 2 is 1.68 bits per heavy atom. The Kier molecular flexibility index (Phi) is 4.57. The van der Waals surface area contributed by atoms with E-state index < -0.39 is 25.9 Å². The summed E-state index contributed by atoms with van der Waals surface area (Å²) in [5.74, 6) is 0.255. The molecule has 6 nitrogen and oxygen atoms in total. The van der Waals surface area contributed by atoms with E-state index in [0.717, 1.165) is 9.71 Å². The number of methoxy groups -OCH3 is 1. The fourth-order valence-electron chi connectivity index (χ4n) is 2.65. The summed E-state index contributed by atoms with van der Waals surface area (Å²) in [6, 6.07) is 13.7. The highest BCUT2D eigenvalue weighted by Gasteiger charge is 2.35. The van der Waals surface area contributed by atoms with E-state index in [9.17, 15) is 16.8 Å². The Hall–Kier alpha value is -2.32. The quantitative estimate of drug-likeness (QED) is 0.796. The number of rotatable bonds is 5. The number of hydrogen-bond acceptors (Lipinski definition) is 5. The third-order valence-corrected chi connectivity index (χ3v) is 7.08. The molecule has 1 aliphatic rings. The van der Waals surface area contributed by atoms with Crippen molar-refractivity contribution in [1.82, 2.24) is 0 Å². The van der Waals surface area contributed by atoms with Gasteiger partial charge >= 0.3 is 0 Å². The maximum absolute atomic E-state index is 13.2. The highest BCUT2D eigenvalue weighted by Crippen LogP contribution is 2.30. The summed E-state index contributed by atoms with van der Waals surface area (Å²) in [4.78, 5) is 0.0647. The minimum Gasteiger partial charge on any atom is -0.497 e. The number of sulfonamides is 1. The summed E-state index contributed by atoms with van der Waals surface area (Å²) in [6.45, 7) is 0. The molecule has 132 valence electrons. The standard InChI is InChI=1S/C17H17NO5S2/c1-23-16-7-9-17(10-8-16)25(21,22)18(14-5-3-2-4-6-14)15-11-12-24(19,20)13-15/h2-12,15H,13H2,1H3/t15-/m1/s1. The summed E-state index contributed by atoms with van der Waals surface area (Å²) in [7, 11) is -5.86. The lowest BCUT2D eigenvalue weighted by Crippen LogP contribution is -2.41. The molecule has 0 amide bonds. The molecule has 25 heavy (non-hydrogen) atoms. The van der Waals surface area contributed by atoms with Gasteiger partial charge in [-0.25, -0.2) is 16.8 Å². The van der Waals surface area contributed by atoms with E-state index in [1.165, 1.54) is 25.3 Å². The van der Waals surface area contributed by atoms with Crippen LogP contribution in [0.3, 0.4) is 0 Å². The van der Waals surface area contributed by atoms with Crippen molar-refractivity contribution in [1.29, 1.82) is 0 Å².